The smallest absolute Gasteiger partial charge is 0.304 e. The molecule has 3 rings (SSSR count). The molecule has 0 bridgehead atoms. The Kier molecular flexibility index (Phi) is 4.49. The third-order valence-corrected chi connectivity index (χ3v) is 4.38. The number of aromatic nitrogens is 2. The molecule has 1 aliphatic rings. The molecule has 1 atom stereocenters. The van der Waals surface area contributed by atoms with Gasteiger partial charge < -0.3 is 4.90 Å². The van der Waals surface area contributed by atoms with Crippen molar-refractivity contribution in [2.24, 2.45) is 5.92 Å². The maximum Gasteiger partial charge on any atom is 0.416 e. The van der Waals surface area contributed by atoms with Crippen LogP contribution in [0.1, 0.15) is 41.5 Å². The van der Waals surface area contributed by atoms with Crippen LogP contribution in [0.4, 0.5) is 18.9 Å². The highest BCUT2D eigenvalue weighted by Crippen LogP contribution is 2.39. The highest BCUT2D eigenvalue weighted by molar-refractivity contribution is 6.05. The molecule has 7 heteroatoms. The fourth-order valence-corrected chi connectivity index (χ4v) is 2.79. The minimum atomic E-state index is -4.46. The average Bonchev–Trinajstić information content (AvgIpc) is 3.40. The lowest BCUT2D eigenvalue weighted by Crippen LogP contribution is -2.40. The number of amides is 1. The van der Waals surface area contributed by atoms with Crippen LogP contribution in [-0.2, 0) is 6.18 Å². The van der Waals surface area contributed by atoms with Gasteiger partial charge in [-0.2, -0.15) is 13.2 Å². The highest BCUT2D eigenvalue weighted by atomic mass is 19.4. The largest absolute Gasteiger partial charge is 0.416 e. The predicted octanol–water partition coefficient (Wildman–Crippen LogP) is 4.25. The monoisotopic (exact) mass is 349 g/mol. The maximum atomic E-state index is 13.0. The Balaban J connectivity index is 2.00. The molecule has 1 saturated carbocycles. The zero-order valence-corrected chi connectivity index (χ0v) is 13.9. The molecule has 0 radical (unpaired) electrons. The molecule has 0 spiro atoms. The molecule has 1 aromatic heterocycles. The first kappa shape index (κ1) is 17.4. The maximum absolute atomic E-state index is 13.0. The first-order chi connectivity index (χ1) is 11.8. The van der Waals surface area contributed by atoms with Crippen LogP contribution in [0, 0.1) is 12.8 Å². The molecule has 1 fully saturated rings. The van der Waals surface area contributed by atoms with Crippen molar-refractivity contribution < 1.29 is 18.0 Å². The summed E-state index contributed by atoms with van der Waals surface area (Å²) in [6.45, 7) is 3.61. The Labute approximate surface area is 143 Å². The van der Waals surface area contributed by atoms with E-state index in [1.54, 1.807) is 6.92 Å². The van der Waals surface area contributed by atoms with Gasteiger partial charge in [-0.1, -0.05) is 6.07 Å². The Morgan fingerprint density at radius 2 is 1.96 bits per heavy atom. The molecule has 0 aliphatic heterocycles. The van der Waals surface area contributed by atoms with Crippen LogP contribution >= 0.6 is 0 Å². The van der Waals surface area contributed by atoms with E-state index in [0.717, 1.165) is 25.0 Å². The third kappa shape index (κ3) is 3.81. The van der Waals surface area contributed by atoms with E-state index in [1.165, 1.54) is 29.4 Å². The van der Waals surface area contributed by atoms with Gasteiger partial charge in [0, 0.05) is 17.9 Å². The molecule has 0 saturated heterocycles. The van der Waals surface area contributed by atoms with E-state index in [-0.39, 0.29) is 23.3 Å². The molecule has 1 heterocycles. The summed E-state index contributed by atoms with van der Waals surface area (Å²) in [5, 5.41) is 0. The fraction of sp³-hybridized carbons (Fsp3) is 0.389. The number of alkyl halides is 3. The first-order valence-electron chi connectivity index (χ1n) is 8.07. The Bertz CT molecular complexity index is 770. The summed E-state index contributed by atoms with van der Waals surface area (Å²) in [5.41, 5.74) is 0.232. The number of aryl methyl sites for hydroxylation is 1. The SMILES string of the molecule is Cc1cnc(C(=O)N(c2cccc(C(F)(F)F)c2)[C@@H](C)C2CC2)cn1. The van der Waals surface area contributed by atoms with Gasteiger partial charge in [0.15, 0.2) is 0 Å². The van der Waals surface area contributed by atoms with Gasteiger partial charge in [-0.05, 0) is 50.8 Å². The normalized spacial score (nSPS) is 15.7. The molecule has 1 aliphatic carbocycles. The summed E-state index contributed by atoms with van der Waals surface area (Å²) >= 11 is 0. The van der Waals surface area contributed by atoms with Crippen LogP contribution in [0.2, 0.25) is 0 Å². The second kappa shape index (κ2) is 6.46. The van der Waals surface area contributed by atoms with Crippen molar-refractivity contribution in [2.45, 2.75) is 38.9 Å². The Morgan fingerprint density at radius 1 is 1.24 bits per heavy atom. The number of halogens is 3. The predicted molar refractivity (Wildman–Crippen MR) is 87.2 cm³/mol. The van der Waals surface area contributed by atoms with Crippen LogP contribution < -0.4 is 4.90 Å². The molecule has 1 amide bonds. The summed E-state index contributed by atoms with van der Waals surface area (Å²) < 4.78 is 39.1. The number of rotatable bonds is 4. The van der Waals surface area contributed by atoms with Crippen LogP contribution in [0.25, 0.3) is 0 Å². The number of hydrogen-bond acceptors (Lipinski definition) is 3. The molecule has 4 nitrogen and oxygen atoms in total. The number of benzene rings is 1. The van der Waals surface area contributed by atoms with Crippen LogP contribution in [0.15, 0.2) is 36.7 Å². The quantitative estimate of drug-likeness (QED) is 0.829. The topological polar surface area (TPSA) is 46.1 Å². The minimum absolute atomic E-state index is 0.121. The van der Waals surface area contributed by atoms with Crippen molar-refractivity contribution >= 4 is 11.6 Å². The molecular formula is C18H18F3N3O. The van der Waals surface area contributed by atoms with Crippen molar-refractivity contribution in [2.75, 3.05) is 4.90 Å². The summed E-state index contributed by atoms with van der Waals surface area (Å²) in [4.78, 5) is 22.5. The van der Waals surface area contributed by atoms with Crippen molar-refractivity contribution in [3.8, 4) is 0 Å². The summed E-state index contributed by atoms with van der Waals surface area (Å²) in [7, 11) is 0. The molecule has 0 unspecified atom stereocenters. The molecular weight excluding hydrogens is 331 g/mol. The van der Waals surface area contributed by atoms with Gasteiger partial charge in [0.25, 0.3) is 5.91 Å². The number of nitrogens with zero attached hydrogens (tertiary/aromatic N) is 3. The van der Waals surface area contributed by atoms with Gasteiger partial charge in [0.05, 0.1) is 17.5 Å². The van der Waals surface area contributed by atoms with Crippen molar-refractivity contribution in [1.82, 2.24) is 9.97 Å². The molecule has 0 N–H and O–H groups in total. The standard InChI is InChI=1S/C18H18F3N3O/c1-11-9-23-16(10-22-11)17(25)24(12(2)13-6-7-13)15-5-3-4-14(8-15)18(19,20)21/h3-5,8-10,12-13H,6-7H2,1-2H3/t12-/m0/s1. The van der Waals surface area contributed by atoms with Gasteiger partial charge in [0.2, 0.25) is 0 Å². The molecule has 132 valence electrons. The number of anilines is 1. The van der Waals surface area contributed by atoms with Crippen LogP contribution in [-0.4, -0.2) is 21.9 Å². The first-order valence-corrected chi connectivity index (χ1v) is 8.07. The zero-order chi connectivity index (χ0) is 18.2. The van der Waals surface area contributed by atoms with Gasteiger partial charge in [0.1, 0.15) is 5.69 Å². The minimum Gasteiger partial charge on any atom is -0.304 e. The highest BCUT2D eigenvalue weighted by Gasteiger charge is 2.37. The fourth-order valence-electron chi connectivity index (χ4n) is 2.79. The molecule has 1 aromatic carbocycles. The lowest BCUT2D eigenvalue weighted by molar-refractivity contribution is -0.137. The summed E-state index contributed by atoms with van der Waals surface area (Å²) in [6.07, 6.45) is 0.293. The van der Waals surface area contributed by atoms with E-state index in [4.69, 9.17) is 0 Å². The van der Waals surface area contributed by atoms with Gasteiger partial charge in [-0.15, -0.1) is 0 Å². The van der Waals surface area contributed by atoms with E-state index in [9.17, 15) is 18.0 Å². The number of carbonyl (C=O) groups is 1. The lowest BCUT2D eigenvalue weighted by atomic mass is 10.1. The van der Waals surface area contributed by atoms with E-state index >= 15 is 0 Å². The summed E-state index contributed by atoms with van der Waals surface area (Å²) in [6, 6.07) is 4.64. The zero-order valence-electron chi connectivity index (χ0n) is 13.9. The van der Waals surface area contributed by atoms with E-state index < -0.39 is 17.6 Å². The summed E-state index contributed by atoms with van der Waals surface area (Å²) in [5.74, 6) is -0.150. The van der Waals surface area contributed by atoms with E-state index in [0.29, 0.717) is 5.69 Å². The number of carbonyl (C=O) groups excluding carboxylic acids is 1. The van der Waals surface area contributed by atoms with E-state index in [1.807, 2.05) is 6.92 Å². The average molecular weight is 349 g/mol. The Hall–Kier alpha value is -2.44. The Morgan fingerprint density at radius 3 is 2.52 bits per heavy atom. The van der Waals surface area contributed by atoms with Crippen LogP contribution in [0.3, 0.4) is 0 Å². The lowest BCUT2D eigenvalue weighted by Gasteiger charge is -2.29. The second-order valence-corrected chi connectivity index (χ2v) is 6.34. The van der Waals surface area contributed by atoms with E-state index in [2.05, 4.69) is 9.97 Å². The third-order valence-electron chi connectivity index (χ3n) is 4.38. The van der Waals surface area contributed by atoms with Crippen LogP contribution in [0.5, 0.6) is 0 Å². The van der Waals surface area contributed by atoms with Gasteiger partial charge in [-0.25, -0.2) is 4.98 Å². The van der Waals surface area contributed by atoms with Gasteiger partial charge in [-0.3, -0.25) is 9.78 Å². The molecule has 2 aromatic rings. The van der Waals surface area contributed by atoms with Gasteiger partial charge >= 0.3 is 6.18 Å². The van der Waals surface area contributed by atoms with Crippen molar-refractivity contribution in [1.29, 1.82) is 0 Å². The van der Waals surface area contributed by atoms with Crippen molar-refractivity contribution in [3.05, 3.63) is 53.6 Å². The molecule has 25 heavy (non-hydrogen) atoms. The second-order valence-electron chi connectivity index (χ2n) is 6.34. The number of hydrogen-bond donors (Lipinski definition) is 0. The van der Waals surface area contributed by atoms with Crippen molar-refractivity contribution in [3.63, 3.8) is 0 Å².